The third kappa shape index (κ3) is 6.18. The predicted octanol–water partition coefficient (Wildman–Crippen LogP) is 2.45. The second-order valence-electron chi connectivity index (χ2n) is 7.82. The van der Waals surface area contributed by atoms with E-state index in [1.807, 2.05) is 0 Å². The van der Waals surface area contributed by atoms with Crippen LogP contribution in [0.25, 0.3) is 0 Å². The Labute approximate surface area is 193 Å². The highest BCUT2D eigenvalue weighted by molar-refractivity contribution is 7.90. The summed E-state index contributed by atoms with van der Waals surface area (Å²) in [6.45, 7) is 2.40. The summed E-state index contributed by atoms with van der Waals surface area (Å²) >= 11 is 0. The molecule has 33 heavy (non-hydrogen) atoms. The highest BCUT2D eigenvalue weighted by atomic mass is 32.2. The minimum atomic E-state index is -3.57. The van der Waals surface area contributed by atoms with Gasteiger partial charge in [-0.15, -0.1) is 0 Å². The number of carbonyl (C=O) groups excluding carboxylic acids is 2. The number of nitrogens with one attached hydrogen (secondary N) is 1. The van der Waals surface area contributed by atoms with Gasteiger partial charge in [-0.3, -0.25) is 4.79 Å². The Bertz CT molecular complexity index is 1220. The predicted molar refractivity (Wildman–Crippen MR) is 122 cm³/mol. The number of carbonyl (C=O) groups is 2. The van der Waals surface area contributed by atoms with Crippen molar-refractivity contribution in [3.8, 4) is 0 Å². The van der Waals surface area contributed by atoms with Crippen LogP contribution < -0.4 is 5.32 Å². The number of hydrogen-bond donors (Lipinski definition) is 1. The molecule has 178 valence electrons. The molecule has 0 saturated carbocycles. The first-order valence-electron chi connectivity index (χ1n) is 10.4. The summed E-state index contributed by atoms with van der Waals surface area (Å²) in [4.78, 5) is 24.9. The van der Waals surface area contributed by atoms with Crippen LogP contribution >= 0.6 is 0 Å². The lowest BCUT2D eigenvalue weighted by Gasteiger charge is -2.25. The first-order valence-corrected chi connectivity index (χ1v) is 13.7. The maximum Gasteiger partial charge on any atom is 0.338 e. The Balaban J connectivity index is 1.59. The number of benzene rings is 2. The maximum atomic E-state index is 12.7. The molecule has 1 N–H and O–H groups in total. The van der Waals surface area contributed by atoms with Gasteiger partial charge < -0.3 is 10.1 Å². The van der Waals surface area contributed by atoms with Gasteiger partial charge >= 0.3 is 5.97 Å². The van der Waals surface area contributed by atoms with Gasteiger partial charge in [0.1, 0.15) is 0 Å². The van der Waals surface area contributed by atoms with E-state index in [0.29, 0.717) is 18.8 Å². The lowest BCUT2D eigenvalue weighted by Crippen LogP contribution is -2.35. The minimum absolute atomic E-state index is 0.0654. The van der Waals surface area contributed by atoms with Crippen LogP contribution in [-0.2, 0) is 29.4 Å². The molecule has 9 nitrogen and oxygen atoms in total. The van der Waals surface area contributed by atoms with E-state index in [1.54, 1.807) is 0 Å². The second-order valence-corrected chi connectivity index (χ2v) is 11.8. The summed E-state index contributed by atoms with van der Waals surface area (Å²) in [5, 5.41) is 2.58. The van der Waals surface area contributed by atoms with E-state index in [1.165, 1.54) is 59.8 Å². The minimum Gasteiger partial charge on any atom is -0.449 e. The smallest absolute Gasteiger partial charge is 0.338 e. The molecule has 1 unspecified atom stereocenters. The van der Waals surface area contributed by atoms with Gasteiger partial charge in [-0.2, -0.15) is 4.31 Å². The topological polar surface area (TPSA) is 127 Å². The highest BCUT2D eigenvalue weighted by Gasteiger charge is 2.26. The number of rotatable bonds is 7. The van der Waals surface area contributed by atoms with Gasteiger partial charge in [0.05, 0.1) is 15.4 Å². The lowest BCUT2D eigenvalue weighted by molar-refractivity contribution is -0.123. The fourth-order valence-corrected chi connectivity index (χ4v) is 5.48. The monoisotopic (exact) mass is 494 g/mol. The normalized spacial score (nSPS) is 16.1. The largest absolute Gasteiger partial charge is 0.449 e. The molecule has 1 aliphatic heterocycles. The van der Waals surface area contributed by atoms with Crippen molar-refractivity contribution in [2.24, 2.45) is 0 Å². The van der Waals surface area contributed by atoms with Gasteiger partial charge in [-0.25, -0.2) is 21.6 Å². The van der Waals surface area contributed by atoms with E-state index in [2.05, 4.69) is 5.32 Å². The molecule has 1 aliphatic rings. The average molecular weight is 495 g/mol. The number of sulfone groups is 1. The van der Waals surface area contributed by atoms with Gasteiger partial charge in [0.25, 0.3) is 5.91 Å². The molecule has 0 spiro atoms. The van der Waals surface area contributed by atoms with Crippen LogP contribution in [0.2, 0.25) is 0 Å². The van der Waals surface area contributed by atoms with Crippen LogP contribution in [0.1, 0.15) is 36.5 Å². The van der Waals surface area contributed by atoms with Crippen molar-refractivity contribution in [3.63, 3.8) is 0 Å². The number of anilines is 1. The molecule has 1 atom stereocenters. The van der Waals surface area contributed by atoms with Gasteiger partial charge in [-0.1, -0.05) is 6.42 Å². The Kier molecular flexibility index (Phi) is 7.55. The van der Waals surface area contributed by atoms with Gasteiger partial charge in [0.15, 0.2) is 15.9 Å². The van der Waals surface area contributed by atoms with Crippen LogP contribution in [0.15, 0.2) is 58.3 Å². The standard InChI is InChI=1S/C22H26N2O7S2/c1-16(31-22(26)17-6-10-19(11-7-17)32(2,27)28)21(25)23-18-8-12-20(13-9-18)33(29,30)24-14-4-3-5-15-24/h6-13,16H,3-5,14-15H2,1-2H3,(H,23,25). The summed E-state index contributed by atoms with van der Waals surface area (Å²) < 4.78 is 55.0. The van der Waals surface area contributed by atoms with Gasteiger partial charge in [0.2, 0.25) is 10.0 Å². The SMILES string of the molecule is CC(OC(=O)c1ccc(S(C)(=O)=O)cc1)C(=O)Nc1ccc(S(=O)(=O)N2CCCCC2)cc1. The van der Waals surface area contributed by atoms with Crippen molar-refractivity contribution in [1.82, 2.24) is 4.31 Å². The molecular weight excluding hydrogens is 468 g/mol. The number of esters is 1. The number of ether oxygens (including phenoxy) is 1. The Morgan fingerprint density at radius 2 is 1.42 bits per heavy atom. The Morgan fingerprint density at radius 1 is 0.879 bits per heavy atom. The third-order valence-electron chi connectivity index (χ3n) is 5.25. The summed E-state index contributed by atoms with van der Waals surface area (Å²) in [6, 6.07) is 11.0. The number of piperidine rings is 1. The van der Waals surface area contributed by atoms with Crippen molar-refractivity contribution in [2.75, 3.05) is 24.7 Å². The van der Waals surface area contributed by atoms with E-state index in [4.69, 9.17) is 4.74 Å². The zero-order chi connectivity index (χ0) is 24.2. The second kappa shape index (κ2) is 10.0. The summed E-state index contributed by atoms with van der Waals surface area (Å²) in [5.41, 5.74) is 0.465. The zero-order valence-corrected chi connectivity index (χ0v) is 20.0. The number of sulfonamides is 1. The maximum absolute atomic E-state index is 12.7. The first-order chi connectivity index (χ1) is 15.5. The van der Waals surface area contributed by atoms with E-state index in [-0.39, 0.29) is 15.4 Å². The number of nitrogens with zero attached hydrogens (tertiary/aromatic N) is 1. The molecule has 0 aromatic heterocycles. The molecule has 1 amide bonds. The molecule has 3 rings (SSSR count). The van der Waals surface area contributed by atoms with E-state index >= 15 is 0 Å². The van der Waals surface area contributed by atoms with E-state index in [0.717, 1.165) is 25.5 Å². The van der Waals surface area contributed by atoms with Crippen LogP contribution in [0, 0.1) is 0 Å². The lowest BCUT2D eigenvalue weighted by atomic mass is 10.2. The Hall–Kier alpha value is -2.76. The summed E-state index contributed by atoms with van der Waals surface area (Å²) in [7, 11) is -6.96. The van der Waals surface area contributed by atoms with Crippen LogP contribution in [-0.4, -0.2) is 58.5 Å². The van der Waals surface area contributed by atoms with Crippen LogP contribution in [0.5, 0.6) is 0 Å². The zero-order valence-electron chi connectivity index (χ0n) is 18.4. The fraction of sp³-hybridized carbons (Fsp3) is 0.364. The fourth-order valence-electron chi connectivity index (χ4n) is 3.33. The van der Waals surface area contributed by atoms with E-state index in [9.17, 15) is 26.4 Å². The first kappa shape index (κ1) is 24.9. The van der Waals surface area contributed by atoms with Crippen LogP contribution in [0.3, 0.4) is 0 Å². The van der Waals surface area contributed by atoms with E-state index < -0.39 is 37.8 Å². The summed E-state index contributed by atoms with van der Waals surface area (Å²) in [6.07, 6.45) is 2.62. The molecule has 1 saturated heterocycles. The molecule has 0 bridgehead atoms. The molecule has 0 radical (unpaired) electrons. The summed E-state index contributed by atoms with van der Waals surface area (Å²) in [5.74, 6) is -1.37. The molecule has 11 heteroatoms. The average Bonchev–Trinajstić information content (AvgIpc) is 2.79. The quantitative estimate of drug-likeness (QED) is 0.586. The number of amides is 1. The van der Waals surface area contributed by atoms with Crippen molar-refractivity contribution >= 4 is 37.4 Å². The van der Waals surface area contributed by atoms with Crippen molar-refractivity contribution in [1.29, 1.82) is 0 Å². The van der Waals surface area contributed by atoms with Crippen molar-refractivity contribution in [3.05, 3.63) is 54.1 Å². The molecule has 2 aromatic rings. The molecule has 0 aliphatic carbocycles. The van der Waals surface area contributed by atoms with Crippen molar-refractivity contribution in [2.45, 2.75) is 42.1 Å². The molecule has 1 fully saturated rings. The number of hydrogen-bond acceptors (Lipinski definition) is 7. The molecule has 1 heterocycles. The van der Waals surface area contributed by atoms with Crippen molar-refractivity contribution < 1.29 is 31.2 Å². The van der Waals surface area contributed by atoms with Crippen LogP contribution in [0.4, 0.5) is 5.69 Å². The molecular formula is C22H26N2O7S2. The van der Waals surface area contributed by atoms with Gasteiger partial charge in [0, 0.05) is 25.0 Å². The Morgan fingerprint density at radius 3 is 1.97 bits per heavy atom. The highest BCUT2D eigenvalue weighted by Crippen LogP contribution is 2.22. The van der Waals surface area contributed by atoms with Gasteiger partial charge in [-0.05, 0) is 68.3 Å². The third-order valence-corrected chi connectivity index (χ3v) is 8.29. The molecule has 2 aromatic carbocycles.